The molecule has 1 spiro atoms. The second kappa shape index (κ2) is 3.87. The molecule has 15 heavy (non-hydrogen) atoms. The molecule has 0 unspecified atom stereocenters. The number of Topliss-reactive ketones (excluding diaryl/α,β-unsaturated/α-hetero) is 1. The van der Waals surface area contributed by atoms with Crippen molar-refractivity contribution in [2.45, 2.75) is 36.9 Å². The average molecular weight is 231 g/mol. The molecule has 1 aliphatic carbocycles. The number of carbonyl (C=O) groups is 1. The minimum Gasteiger partial charge on any atom is -0.309 e. The van der Waals surface area contributed by atoms with E-state index in [1.165, 1.54) is 0 Å². The summed E-state index contributed by atoms with van der Waals surface area (Å²) in [4.78, 5) is 12.0. The van der Waals surface area contributed by atoms with E-state index >= 15 is 0 Å². The zero-order valence-electron chi connectivity index (χ0n) is 8.79. The van der Waals surface area contributed by atoms with E-state index in [-0.39, 0.29) is 18.1 Å². The van der Waals surface area contributed by atoms with E-state index < -0.39 is 14.6 Å². The molecule has 86 valence electrons. The van der Waals surface area contributed by atoms with Gasteiger partial charge in [-0.25, -0.2) is 8.42 Å². The summed E-state index contributed by atoms with van der Waals surface area (Å²) in [6.07, 6.45) is 3.86. The fraction of sp³-hybridized carbons (Fsp3) is 0.900. The molecular weight excluding hydrogens is 214 g/mol. The first-order valence-electron chi connectivity index (χ1n) is 5.55. The predicted molar refractivity (Wildman–Crippen MR) is 57.5 cm³/mol. The third kappa shape index (κ3) is 1.72. The summed E-state index contributed by atoms with van der Waals surface area (Å²) in [7, 11) is -3.24. The van der Waals surface area contributed by atoms with Crippen molar-refractivity contribution >= 4 is 15.6 Å². The van der Waals surface area contributed by atoms with E-state index in [1.54, 1.807) is 0 Å². The van der Waals surface area contributed by atoms with Crippen LogP contribution >= 0.6 is 0 Å². The van der Waals surface area contributed by atoms with Gasteiger partial charge in [-0.05, 0) is 12.8 Å². The molecule has 0 amide bonds. The van der Waals surface area contributed by atoms with Crippen LogP contribution in [0.1, 0.15) is 32.1 Å². The third-order valence-electron chi connectivity index (χ3n) is 3.60. The molecule has 1 saturated heterocycles. The zero-order valence-corrected chi connectivity index (χ0v) is 9.61. The summed E-state index contributed by atoms with van der Waals surface area (Å²) in [5.74, 6) is -0.00153. The second-order valence-corrected chi connectivity index (χ2v) is 6.89. The Kier molecular flexibility index (Phi) is 2.85. The molecule has 1 N–H and O–H groups in total. The molecule has 0 aromatic rings. The quantitative estimate of drug-likeness (QED) is 0.650. The predicted octanol–water partition coefficient (Wildman–Crippen LogP) is 0.276. The van der Waals surface area contributed by atoms with Gasteiger partial charge in [0.2, 0.25) is 0 Å². The molecule has 0 bridgehead atoms. The summed E-state index contributed by atoms with van der Waals surface area (Å²) < 4.78 is 23.2. The molecule has 0 atom stereocenters. The Hall–Kier alpha value is -0.420. The van der Waals surface area contributed by atoms with E-state index in [0.29, 0.717) is 19.4 Å². The Balaban J connectivity index is 2.41. The maximum Gasteiger partial charge on any atom is 0.167 e. The van der Waals surface area contributed by atoms with Gasteiger partial charge in [0.1, 0.15) is 4.75 Å². The van der Waals surface area contributed by atoms with Crippen LogP contribution in [0.25, 0.3) is 0 Å². The standard InChI is InChI=1S/C10H17NO3S/c12-9-8-11-6-7-15(13,14)10(9)4-2-1-3-5-10/h11H,1-8H2. The summed E-state index contributed by atoms with van der Waals surface area (Å²) in [5, 5.41) is 2.90. The molecule has 2 aliphatic rings. The smallest absolute Gasteiger partial charge is 0.167 e. The number of nitrogens with one attached hydrogen (secondary N) is 1. The van der Waals surface area contributed by atoms with Crippen LogP contribution in [0.15, 0.2) is 0 Å². The lowest BCUT2D eigenvalue weighted by Crippen LogP contribution is -2.49. The van der Waals surface area contributed by atoms with E-state index in [0.717, 1.165) is 19.3 Å². The van der Waals surface area contributed by atoms with E-state index in [4.69, 9.17) is 0 Å². The minimum absolute atomic E-state index is 0.110. The fourth-order valence-corrected chi connectivity index (χ4v) is 4.78. The number of ketones is 1. The van der Waals surface area contributed by atoms with Crippen molar-refractivity contribution in [3.63, 3.8) is 0 Å². The van der Waals surface area contributed by atoms with Crippen molar-refractivity contribution in [1.82, 2.24) is 5.32 Å². The van der Waals surface area contributed by atoms with Gasteiger partial charge in [-0.15, -0.1) is 0 Å². The van der Waals surface area contributed by atoms with Crippen LogP contribution in [0, 0.1) is 0 Å². The number of rotatable bonds is 0. The Bertz CT molecular complexity index is 355. The van der Waals surface area contributed by atoms with Gasteiger partial charge in [0, 0.05) is 6.54 Å². The Labute approximate surface area is 90.3 Å². The van der Waals surface area contributed by atoms with Crippen LogP contribution in [-0.4, -0.2) is 37.8 Å². The number of carbonyl (C=O) groups excluding carboxylic acids is 1. The summed E-state index contributed by atoms with van der Waals surface area (Å²) in [5.41, 5.74) is 0. The van der Waals surface area contributed by atoms with Gasteiger partial charge in [0.15, 0.2) is 15.6 Å². The summed E-state index contributed by atoms with van der Waals surface area (Å²) in [6, 6.07) is 0. The minimum atomic E-state index is -3.24. The maximum atomic E-state index is 12.1. The maximum absolute atomic E-state index is 12.1. The highest BCUT2D eigenvalue weighted by Gasteiger charge is 2.50. The molecule has 1 aliphatic heterocycles. The van der Waals surface area contributed by atoms with Gasteiger partial charge in [0.25, 0.3) is 0 Å². The number of hydrogen-bond donors (Lipinski definition) is 1. The molecule has 0 aromatic carbocycles. The molecule has 4 nitrogen and oxygen atoms in total. The van der Waals surface area contributed by atoms with Gasteiger partial charge in [-0.3, -0.25) is 4.79 Å². The highest BCUT2D eigenvalue weighted by Crippen LogP contribution is 2.37. The molecule has 1 saturated carbocycles. The molecule has 5 heteroatoms. The first-order valence-corrected chi connectivity index (χ1v) is 7.20. The van der Waals surface area contributed by atoms with Crippen LogP contribution in [0.5, 0.6) is 0 Å². The van der Waals surface area contributed by atoms with E-state index in [1.807, 2.05) is 0 Å². The third-order valence-corrected chi connectivity index (χ3v) is 6.17. The van der Waals surface area contributed by atoms with E-state index in [9.17, 15) is 13.2 Å². The lowest BCUT2D eigenvalue weighted by atomic mass is 9.85. The normalized spacial score (nSPS) is 30.0. The SMILES string of the molecule is O=C1CNCCS(=O)(=O)C12CCCCC2. The zero-order chi connectivity index (χ0) is 10.9. The van der Waals surface area contributed by atoms with Crippen LogP contribution in [0.3, 0.4) is 0 Å². The Morgan fingerprint density at radius 2 is 1.80 bits per heavy atom. The Morgan fingerprint density at radius 3 is 2.47 bits per heavy atom. The van der Waals surface area contributed by atoms with Crippen molar-refractivity contribution < 1.29 is 13.2 Å². The fourth-order valence-electron chi connectivity index (χ4n) is 2.65. The van der Waals surface area contributed by atoms with Crippen LogP contribution in [-0.2, 0) is 14.6 Å². The number of hydrogen-bond acceptors (Lipinski definition) is 4. The molecule has 2 fully saturated rings. The van der Waals surface area contributed by atoms with Crippen LogP contribution in [0.4, 0.5) is 0 Å². The molecule has 0 aromatic heterocycles. The van der Waals surface area contributed by atoms with Crippen molar-refractivity contribution in [2.24, 2.45) is 0 Å². The van der Waals surface area contributed by atoms with Crippen LogP contribution in [0.2, 0.25) is 0 Å². The highest BCUT2D eigenvalue weighted by atomic mass is 32.2. The van der Waals surface area contributed by atoms with Gasteiger partial charge in [-0.1, -0.05) is 19.3 Å². The van der Waals surface area contributed by atoms with Crippen molar-refractivity contribution in [2.75, 3.05) is 18.8 Å². The van der Waals surface area contributed by atoms with Crippen LogP contribution < -0.4 is 5.32 Å². The summed E-state index contributed by atoms with van der Waals surface area (Å²) >= 11 is 0. The van der Waals surface area contributed by atoms with E-state index in [2.05, 4.69) is 5.32 Å². The monoisotopic (exact) mass is 231 g/mol. The van der Waals surface area contributed by atoms with Crippen molar-refractivity contribution in [1.29, 1.82) is 0 Å². The topological polar surface area (TPSA) is 63.2 Å². The lowest BCUT2D eigenvalue weighted by Gasteiger charge is -2.33. The molecule has 1 heterocycles. The largest absolute Gasteiger partial charge is 0.309 e. The average Bonchev–Trinajstić information content (AvgIpc) is 2.33. The molecular formula is C10H17NO3S. The van der Waals surface area contributed by atoms with Crippen molar-refractivity contribution in [3.05, 3.63) is 0 Å². The lowest BCUT2D eigenvalue weighted by molar-refractivity contribution is -0.121. The Morgan fingerprint density at radius 1 is 1.13 bits per heavy atom. The van der Waals surface area contributed by atoms with Crippen molar-refractivity contribution in [3.8, 4) is 0 Å². The second-order valence-electron chi connectivity index (χ2n) is 4.47. The molecule has 2 rings (SSSR count). The highest BCUT2D eigenvalue weighted by molar-refractivity contribution is 7.93. The number of sulfone groups is 1. The first kappa shape index (κ1) is 11.1. The van der Waals surface area contributed by atoms with Gasteiger partial charge < -0.3 is 5.32 Å². The van der Waals surface area contributed by atoms with Gasteiger partial charge in [0.05, 0.1) is 12.3 Å². The molecule has 0 radical (unpaired) electrons. The van der Waals surface area contributed by atoms with Gasteiger partial charge >= 0.3 is 0 Å². The summed E-state index contributed by atoms with van der Waals surface area (Å²) in [6.45, 7) is 0.634. The first-order chi connectivity index (χ1) is 7.08. The van der Waals surface area contributed by atoms with Gasteiger partial charge in [-0.2, -0.15) is 0 Å².